The first-order valence-electron chi connectivity index (χ1n) is 11.7. The third kappa shape index (κ3) is 5.12. The number of aryl methyl sites for hydroxylation is 1. The second kappa shape index (κ2) is 10.3. The molecule has 4 nitrogen and oxygen atoms in total. The minimum Gasteiger partial charge on any atom is -0.511 e. The number of fused-ring (bicyclic) bond motifs is 1. The van der Waals surface area contributed by atoms with Crippen LogP contribution in [0.3, 0.4) is 0 Å². The number of aromatic nitrogens is 1. The number of rotatable bonds is 4. The number of ether oxygens (including phenoxy) is 1. The van der Waals surface area contributed by atoms with E-state index in [1.54, 1.807) is 6.07 Å². The van der Waals surface area contributed by atoms with Crippen LogP contribution in [0.15, 0.2) is 36.1 Å². The van der Waals surface area contributed by atoms with E-state index >= 15 is 0 Å². The van der Waals surface area contributed by atoms with E-state index < -0.39 is 0 Å². The average Bonchev–Trinajstić information content (AvgIpc) is 3.20. The van der Waals surface area contributed by atoms with Gasteiger partial charge in [0.05, 0.1) is 15.3 Å². The van der Waals surface area contributed by atoms with E-state index in [2.05, 4.69) is 18.8 Å². The number of thiazole rings is 1. The second-order valence-electron chi connectivity index (χ2n) is 9.32. The molecule has 3 atom stereocenters. The van der Waals surface area contributed by atoms with Crippen molar-refractivity contribution in [2.24, 2.45) is 17.8 Å². The molecule has 1 heterocycles. The molecule has 7 heteroatoms. The molecular weight excluding hydrogens is 489 g/mol. The molecule has 0 saturated carbocycles. The van der Waals surface area contributed by atoms with Gasteiger partial charge < -0.3 is 9.84 Å². The van der Waals surface area contributed by atoms with Crippen molar-refractivity contribution in [3.8, 4) is 10.9 Å². The van der Waals surface area contributed by atoms with E-state index in [0.717, 1.165) is 35.1 Å². The zero-order valence-corrected chi connectivity index (χ0v) is 22.2. The highest BCUT2D eigenvalue weighted by Gasteiger charge is 2.29. The summed E-state index contributed by atoms with van der Waals surface area (Å²) >= 11 is 13.8. The van der Waals surface area contributed by atoms with Crippen LogP contribution in [0.1, 0.15) is 58.1 Å². The maximum Gasteiger partial charge on any atom is 0.279 e. The molecule has 1 N–H and O–H groups in total. The maximum atomic E-state index is 13.4. The summed E-state index contributed by atoms with van der Waals surface area (Å²) in [5, 5.41) is 12.7. The van der Waals surface area contributed by atoms with Crippen LogP contribution in [0.2, 0.25) is 10.0 Å². The number of hydrogen-bond acceptors (Lipinski definition) is 5. The zero-order chi connectivity index (χ0) is 24.6. The average molecular weight is 519 g/mol. The minimum atomic E-state index is -0.102. The summed E-state index contributed by atoms with van der Waals surface area (Å²) in [5.74, 6) is 1.17. The lowest BCUT2D eigenvalue weighted by Crippen LogP contribution is -2.15. The van der Waals surface area contributed by atoms with Gasteiger partial charge in [0.25, 0.3) is 5.19 Å². The van der Waals surface area contributed by atoms with Crippen molar-refractivity contribution in [3.05, 3.63) is 57.3 Å². The molecule has 0 radical (unpaired) electrons. The van der Waals surface area contributed by atoms with Gasteiger partial charge in [0.1, 0.15) is 17.0 Å². The quantitative estimate of drug-likeness (QED) is 0.375. The molecule has 1 aliphatic rings. The molecule has 0 bridgehead atoms. The molecule has 3 aromatic rings. The van der Waals surface area contributed by atoms with Crippen molar-refractivity contribution < 1.29 is 14.6 Å². The Labute approximate surface area is 214 Å². The third-order valence-corrected chi connectivity index (χ3v) is 8.19. The van der Waals surface area contributed by atoms with Gasteiger partial charge in [0, 0.05) is 17.4 Å². The van der Waals surface area contributed by atoms with Crippen molar-refractivity contribution in [1.29, 1.82) is 0 Å². The number of aliphatic hydroxyl groups excluding tert-OH is 1. The number of Topliss-reactive ketones (excluding diaryl/α,β-unsaturated/α-hetero) is 1. The van der Waals surface area contributed by atoms with Crippen LogP contribution in [0.4, 0.5) is 0 Å². The number of hydrogen-bond donors (Lipinski definition) is 1. The number of allylic oxidation sites excluding steroid dienone is 2. The predicted octanol–water partition coefficient (Wildman–Crippen LogP) is 8.89. The van der Waals surface area contributed by atoms with Crippen LogP contribution in [0.5, 0.6) is 10.9 Å². The van der Waals surface area contributed by atoms with Gasteiger partial charge in [0.2, 0.25) is 0 Å². The van der Waals surface area contributed by atoms with Crippen molar-refractivity contribution in [3.63, 3.8) is 0 Å². The molecule has 0 saturated heterocycles. The fraction of sp³-hybridized carbons (Fsp3) is 0.407. The highest BCUT2D eigenvalue weighted by molar-refractivity contribution is 7.20. The molecule has 4 rings (SSSR count). The van der Waals surface area contributed by atoms with Crippen molar-refractivity contribution in [2.45, 2.75) is 53.4 Å². The fourth-order valence-electron chi connectivity index (χ4n) is 4.49. The van der Waals surface area contributed by atoms with Gasteiger partial charge in [0.15, 0.2) is 5.78 Å². The monoisotopic (exact) mass is 517 g/mol. The molecule has 34 heavy (non-hydrogen) atoms. The lowest BCUT2D eigenvalue weighted by atomic mass is 9.85. The molecule has 0 fully saturated rings. The summed E-state index contributed by atoms with van der Waals surface area (Å²) in [4.78, 5) is 17.9. The van der Waals surface area contributed by atoms with Crippen LogP contribution >= 0.6 is 34.5 Å². The van der Waals surface area contributed by atoms with E-state index in [9.17, 15) is 9.90 Å². The van der Waals surface area contributed by atoms with Crippen LogP contribution in [-0.2, 0) is 11.2 Å². The Morgan fingerprint density at radius 3 is 2.65 bits per heavy atom. The van der Waals surface area contributed by atoms with Crippen LogP contribution < -0.4 is 4.74 Å². The minimum absolute atomic E-state index is 0.0146. The standard InChI is InChI=1S/C27H29Cl2NO3S/c1-5-17-8-9-19(33-27-30-25-21(29)11-18(28)12-23(25)34-27)13-20(17)24-22(31)10-14(2)6-7-15(3)16(4)26(24)32/h8-9,11-16,32H,5-7,10H2,1-4H3/b26-24+/t14-,15+,16?/m1/s1. The van der Waals surface area contributed by atoms with Crippen molar-refractivity contribution in [2.75, 3.05) is 0 Å². The Balaban J connectivity index is 1.78. The molecular formula is C27H29Cl2NO3S. The number of nitrogens with zero attached hydrogens (tertiary/aromatic N) is 1. The van der Waals surface area contributed by atoms with E-state index in [4.69, 9.17) is 27.9 Å². The van der Waals surface area contributed by atoms with Crippen LogP contribution in [0, 0.1) is 17.8 Å². The summed E-state index contributed by atoms with van der Waals surface area (Å²) in [6, 6.07) is 9.14. The molecule has 2 aromatic carbocycles. The molecule has 1 aromatic heterocycles. The first-order chi connectivity index (χ1) is 16.2. The number of ketones is 1. The smallest absolute Gasteiger partial charge is 0.279 e. The normalized spacial score (nSPS) is 24.1. The van der Waals surface area contributed by atoms with E-state index in [1.165, 1.54) is 11.3 Å². The third-order valence-electron chi connectivity index (χ3n) is 6.80. The van der Waals surface area contributed by atoms with Crippen molar-refractivity contribution >= 4 is 56.1 Å². The van der Waals surface area contributed by atoms with Gasteiger partial charge in [-0.25, -0.2) is 4.98 Å². The zero-order valence-electron chi connectivity index (χ0n) is 19.8. The highest BCUT2D eigenvalue weighted by Crippen LogP contribution is 2.39. The largest absolute Gasteiger partial charge is 0.511 e. The first kappa shape index (κ1) is 25.0. The predicted molar refractivity (Wildman–Crippen MR) is 141 cm³/mol. The topological polar surface area (TPSA) is 59.4 Å². The number of aliphatic hydroxyl groups is 1. The Bertz CT molecular complexity index is 1270. The van der Waals surface area contributed by atoms with Crippen LogP contribution in [-0.4, -0.2) is 15.9 Å². The van der Waals surface area contributed by atoms with Gasteiger partial charge in [-0.15, -0.1) is 0 Å². The lowest BCUT2D eigenvalue weighted by molar-refractivity contribution is -0.114. The van der Waals surface area contributed by atoms with Crippen molar-refractivity contribution in [1.82, 2.24) is 4.98 Å². The van der Waals surface area contributed by atoms with Gasteiger partial charge in [-0.05, 0) is 66.5 Å². The van der Waals surface area contributed by atoms with E-state index in [0.29, 0.717) is 38.5 Å². The Morgan fingerprint density at radius 2 is 1.91 bits per heavy atom. The number of halogens is 2. The molecule has 0 spiro atoms. The second-order valence-corrected chi connectivity index (χ2v) is 11.2. The molecule has 0 aliphatic heterocycles. The summed E-state index contributed by atoms with van der Waals surface area (Å²) < 4.78 is 6.93. The summed E-state index contributed by atoms with van der Waals surface area (Å²) in [5.41, 5.74) is 2.79. The molecule has 180 valence electrons. The first-order valence-corrected chi connectivity index (χ1v) is 13.3. The number of carbonyl (C=O) groups is 1. The maximum absolute atomic E-state index is 13.4. The van der Waals surface area contributed by atoms with Gasteiger partial charge >= 0.3 is 0 Å². The lowest BCUT2D eigenvalue weighted by Gasteiger charge is -2.21. The molecule has 1 unspecified atom stereocenters. The SMILES string of the molecule is CCc1ccc(Oc2nc3c(Cl)cc(Cl)cc3s2)cc1/C1=C(\O)C(C)[C@@H](C)CC[C@@H](C)CC1=O. The van der Waals surface area contributed by atoms with E-state index in [1.807, 2.05) is 38.1 Å². The highest BCUT2D eigenvalue weighted by atomic mass is 35.5. The van der Waals surface area contributed by atoms with Gasteiger partial charge in [-0.1, -0.05) is 68.3 Å². The summed E-state index contributed by atoms with van der Waals surface area (Å²) in [6.45, 7) is 8.31. The molecule has 1 aliphatic carbocycles. The Morgan fingerprint density at radius 1 is 1.15 bits per heavy atom. The Kier molecular flexibility index (Phi) is 7.56. The van der Waals surface area contributed by atoms with Gasteiger partial charge in [-0.3, -0.25) is 4.79 Å². The number of benzene rings is 2. The summed E-state index contributed by atoms with van der Waals surface area (Å²) in [7, 11) is 0. The van der Waals surface area contributed by atoms with Gasteiger partial charge in [-0.2, -0.15) is 0 Å². The Hall–Kier alpha value is -2.08. The van der Waals surface area contributed by atoms with E-state index in [-0.39, 0.29) is 29.3 Å². The fourth-order valence-corrected chi connectivity index (χ4v) is 6.05. The van der Waals surface area contributed by atoms with Crippen LogP contribution in [0.25, 0.3) is 15.8 Å². The molecule has 0 amide bonds. The summed E-state index contributed by atoms with van der Waals surface area (Å²) in [6.07, 6.45) is 3.12. The number of carbonyl (C=O) groups excluding carboxylic acids is 1.